The van der Waals surface area contributed by atoms with Crippen LogP contribution in [0.15, 0.2) is 39.5 Å². The van der Waals surface area contributed by atoms with Crippen molar-refractivity contribution < 1.29 is 59.5 Å². The van der Waals surface area contributed by atoms with Gasteiger partial charge in [-0.2, -0.15) is 0 Å². The molecule has 13 heteroatoms. The van der Waals surface area contributed by atoms with Gasteiger partial charge in [0, 0.05) is 17.7 Å². The van der Waals surface area contributed by atoms with Crippen molar-refractivity contribution in [2.24, 2.45) is 0 Å². The molecule has 4 rings (SSSR count). The number of aromatic hydroxyl groups is 4. The number of carbonyl (C=O) groups is 1. The van der Waals surface area contributed by atoms with Crippen LogP contribution in [0.2, 0.25) is 0 Å². The summed E-state index contributed by atoms with van der Waals surface area (Å²) < 4.78 is 15.7. The van der Waals surface area contributed by atoms with Gasteiger partial charge in [-0.05, 0) is 18.2 Å². The average Bonchev–Trinajstić information content (AvgIpc) is 2.77. The van der Waals surface area contributed by atoms with E-state index in [0.29, 0.717) is 0 Å². The van der Waals surface area contributed by atoms with E-state index in [9.17, 15) is 45.3 Å². The monoisotopic (exact) mass is 478 g/mol. The zero-order chi connectivity index (χ0) is 24.9. The molecule has 0 radical (unpaired) electrons. The second kappa shape index (κ2) is 8.39. The van der Waals surface area contributed by atoms with E-state index in [1.807, 2.05) is 0 Å². The molecule has 0 saturated carbocycles. The lowest BCUT2D eigenvalue weighted by molar-refractivity contribution is -0.271. The maximum absolute atomic E-state index is 12.7. The standard InChI is InChI=1S/C21H18O13/c22-7-2-1-6(3-8(7)23)11-4-9(24)13-12(32-11)5-10(25)18(14(13)26)33-21-17(29)15(27)16(28)19(34-21)20(30)31/h1-5,15-17,19,21-23,25-29H,(H,30,31)/t15-,16-,17+,19+,21+/m0/s1. The number of fused-ring (bicyclic) bond motifs is 1. The molecule has 1 saturated heterocycles. The number of hydrogen-bond donors (Lipinski definition) is 8. The summed E-state index contributed by atoms with van der Waals surface area (Å²) in [6.07, 6.45) is -9.93. The fourth-order valence-corrected chi connectivity index (χ4v) is 3.47. The molecule has 180 valence electrons. The van der Waals surface area contributed by atoms with E-state index < -0.39 is 76.2 Å². The van der Waals surface area contributed by atoms with Crippen molar-refractivity contribution in [3.63, 3.8) is 0 Å². The van der Waals surface area contributed by atoms with Gasteiger partial charge in [-0.3, -0.25) is 4.79 Å². The molecule has 13 nitrogen and oxygen atoms in total. The Bertz CT molecular complexity index is 1330. The van der Waals surface area contributed by atoms with Crippen LogP contribution in [0, 0.1) is 0 Å². The van der Waals surface area contributed by atoms with Crippen molar-refractivity contribution in [2.45, 2.75) is 30.7 Å². The summed E-state index contributed by atoms with van der Waals surface area (Å²) in [6.45, 7) is 0. The van der Waals surface area contributed by atoms with Gasteiger partial charge in [0.05, 0.1) is 0 Å². The molecule has 8 N–H and O–H groups in total. The van der Waals surface area contributed by atoms with Crippen LogP contribution in [0.25, 0.3) is 22.3 Å². The number of hydrogen-bond acceptors (Lipinski definition) is 12. The van der Waals surface area contributed by atoms with Crippen LogP contribution in [0.3, 0.4) is 0 Å². The highest BCUT2D eigenvalue weighted by Gasteiger charge is 2.48. The summed E-state index contributed by atoms with van der Waals surface area (Å²) in [5, 5.41) is 78.4. The molecule has 0 aliphatic carbocycles. The largest absolute Gasteiger partial charge is 0.504 e. The third-order valence-corrected chi connectivity index (χ3v) is 5.23. The molecular weight excluding hydrogens is 460 g/mol. The minimum atomic E-state index is -2.00. The van der Waals surface area contributed by atoms with Gasteiger partial charge < -0.3 is 54.7 Å². The Morgan fingerprint density at radius 2 is 1.59 bits per heavy atom. The molecule has 0 unspecified atom stereocenters. The van der Waals surface area contributed by atoms with E-state index in [0.717, 1.165) is 24.3 Å². The van der Waals surface area contributed by atoms with Crippen LogP contribution in [0.4, 0.5) is 0 Å². The van der Waals surface area contributed by atoms with Crippen molar-refractivity contribution >= 4 is 16.9 Å². The summed E-state index contributed by atoms with van der Waals surface area (Å²) in [7, 11) is 0. The van der Waals surface area contributed by atoms with E-state index in [1.54, 1.807) is 0 Å². The van der Waals surface area contributed by atoms with Crippen LogP contribution < -0.4 is 10.2 Å². The second-order valence-corrected chi connectivity index (χ2v) is 7.48. The van der Waals surface area contributed by atoms with Crippen LogP contribution in [0.5, 0.6) is 28.7 Å². The van der Waals surface area contributed by atoms with Crippen molar-refractivity contribution in [3.8, 4) is 40.1 Å². The Balaban J connectivity index is 1.75. The first kappa shape index (κ1) is 23.1. The van der Waals surface area contributed by atoms with Gasteiger partial charge in [0.15, 0.2) is 34.5 Å². The first-order valence-corrected chi connectivity index (χ1v) is 9.64. The summed E-state index contributed by atoms with van der Waals surface area (Å²) >= 11 is 0. The smallest absolute Gasteiger partial charge is 0.335 e. The van der Waals surface area contributed by atoms with Crippen LogP contribution >= 0.6 is 0 Å². The molecule has 0 amide bonds. The molecule has 3 aromatic rings. The fourth-order valence-electron chi connectivity index (χ4n) is 3.47. The molecule has 1 fully saturated rings. The Morgan fingerprint density at radius 3 is 2.24 bits per heavy atom. The number of carboxylic acids is 1. The average molecular weight is 478 g/mol. The summed E-state index contributed by atoms with van der Waals surface area (Å²) in [6, 6.07) is 5.48. The van der Waals surface area contributed by atoms with Gasteiger partial charge in [-0.15, -0.1) is 0 Å². The van der Waals surface area contributed by atoms with E-state index in [-0.39, 0.29) is 16.9 Å². The van der Waals surface area contributed by atoms with Gasteiger partial charge >= 0.3 is 5.97 Å². The first-order chi connectivity index (χ1) is 16.0. The number of ether oxygens (including phenoxy) is 2. The lowest BCUT2D eigenvalue weighted by Crippen LogP contribution is -2.61. The van der Waals surface area contributed by atoms with E-state index in [1.165, 1.54) is 6.07 Å². The number of phenolic OH excluding ortho intramolecular Hbond substituents is 4. The molecule has 2 aromatic carbocycles. The summed E-state index contributed by atoms with van der Waals surface area (Å²) in [4.78, 5) is 23.9. The van der Waals surface area contributed by atoms with Gasteiger partial charge in [0.2, 0.25) is 12.0 Å². The van der Waals surface area contributed by atoms with Crippen molar-refractivity contribution in [2.75, 3.05) is 0 Å². The number of carboxylic acid groups (broad SMARTS) is 1. The third kappa shape index (κ3) is 3.82. The molecule has 34 heavy (non-hydrogen) atoms. The SMILES string of the molecule is O=C(O)[C@@H]1O[C@@H](Oc2c(O)cc3oc(-c4ccc(O)c(O)c4)cc(=O)c3c2O)[C@H](O)[C@@H](O)[C@@H]1O. The first-order valence-electron chi connectivity index (χ1n) is 9.64. The Labute approximate surface area is 188 Å². The Morgan fingerprint density at radius 1 is 0.882 bits per heavy atom. The lowest BCUT2D eigenvalue weighted by atomic mass is 9.99. The number of aliphatic hydroxyl groups excluding tert-OH is 3. The minimum Gasteiger partial charge on any atom is -0.504 e. The van der Waals surface area contributed by atoms with E-state index in [2.05, 4.69) is 0 Å². The van der Waals surface area contributed by atoms with Gasteiger partial charge in [-0.25, -0.2) is 4.79 Å². The molecule has 0 spiro atoms. The fraction of sp³-hybridized carbons (Fsp3) is 0.238. The lowest BCUT2D eigenvalue weighted by Gasteiger charge is -2.38. The topological polar surface area (TPSA) is 228 Å². The zero-order valence-corrected chi connectivity index (χ0v) is 16.9. The number of aliphatic hydroxyl groups is 3. The highest BCUT2D eigenvalue weighted by atomic mass is 16.7. The zero-order valence-electron chi connectivity index (χ0n) is 16.9. The number of rotatable bonds is 4. The maximum atomic E-state index is 12.7. The molecule has 5 atom stereocenters. The van der Waals surface area contributed by atoms with Crippen molar-refractivity contribution in [1.29, 1.82) is 0 Å². The quantitative estimate of drug-likeness (QED) is 0.223. The van der Waals surface area contributed by atoms with E-state index >= 15 is 0 Å². The predicted octanol–water partition coefficient (Wildman–Crippen LogP) is -0.447. The van der Waals surface area contributed by atoms with Crippen molar-refractivity contribution in [1.82, 2.24) is 0 Å². The number of benzene rings is 2. The van der Waals surface area contributed by atoms with Crippen LogP contribution in [0.1, 0.15) is 0 Å². The van der Waals surface area contributed by atoms with Gasteiger partial charge in [-0.1, -0.05) is 0 Å². The molecule has 1 aliphatic heterocycles. The normalized spacial score (nSPS) is 24.7. The highest BCUT2D eigenvalue weighted by Crippen LogP contribution is 2.43. The Kier molecular flexibility index (Phi) is 5.70. The predicted molar refractivity (Wildman–Crippen MR) is 110 cm³/mol. The van der Waals surface area contributed by atoms with Gasteiger partial charge in [0.25, 0.3) is 0 Å². The molecular formula is C21H18O13. The van der Waals surface area contributed by atoms with Crippen LogP contribution in [-0.4, -0.2) is 77.5 Å². The molecule has 1 aromatic heterocycles. The number of phenols is 4. The summed E-state index contributed by atoms with van der Waals surface area (Å²) in [5.41, 5.74) is -0.920. The maximum Gasteiger partial charge on any atom is 0.335 e. The van der Waals surface area contributed by atoms with Gasteiger partial charge in [0.1, 0.15) is 35.0 Å². The van der Waals surface area contributed by atoms with Crippen molar-refractivity contribution in [3.05, 3.63) is 40.6 Å². The second-order valence-electron chi connectivity index (χ2n) is 7.48. The Hall–Kier alpha value is -4.04. The highest BCUT2D eigenvalue weighted by molar-refractivity contribution is 5.89. The van der Waals surface area contributed by atoms with E-state index in [4.69, 9.17) is 19.0 Å². The molecule has 1 aliphatic rings. The number of aliphatic carboxylic acids is 1. The molecule has 2 heterocycles. The summed E-state index contributed by atoms with van der Waals surface area (Å²) in [5.74, 6) is -5.16. The third-order valence-electron chi connectivity index (χ3n) is 5.23. The van der Waals surface area contributed by atoms with Crippen LogP contribution in [-0.2, 0) is 9.53 Å². The minimum absolute atomic E-state index is 0.0762. The molecule has 0 bridgehead atoms.